The average molecular weight is 230 g/mol. The number of hydrogen-bond acceptors (Lipinski definition) is 2. The lowest BCUT2D eigenvalue weighted by Gasteiger charge is -2.37. The summed E-state index contributed by atoms with van der Waals surface area (Å²) < 4.78 is -0.207. The van der Waals surface area contributed by atoms with Gasteiger partial charge >= 0.3 is 0 Å². The molecule has 2 heteroatoms. The molecule has 0 rings (SSSR count). The van der Waals surface area contributed by atoms with Crippen molar-refractivity contribution in [1.29, 1.82) is 0 Å². The molecule has 1 N–H and O–H groups in total. The lowest BCUT2D eigenvalue weighted by Crippen LogP contribution is -2.36. The molecule has 2 unspecified atom stereocenters. The molecular weight excluding hydrogens is 204 g/mol. The minimum absolute atomic E-state index is 0.116. The zero-order chi connectivity index (χ0) is 12.3. The van der Waals surface area contributed by atoms with Gasteiger partial charge in [0.05, 0.1) is 6.10 Å². The summed E-state index contributed by atoms with van der Waals surface area (Å²) in [7, 11) is 0. The number of rotatable bonds is 6. The van der Waals surface area contributed by atoms with Gasteiger partial charge in [0.25, 0.3) is 0 Å². The van der Waals surface area contributed by atoms with Crippen LogP contribution in [0.1, 0.15) is 47.5 Å². The van der Waals surface area contributed by atoms with Crippen LogP contribution in [-0.2, 0) is 0 Å². The van der Waals surface area contributed by atoms with Crippen LogP contribution in [0.15, 0.2) is 12.7 Å². The summed E-state index contributed by atoms with van der Waals surface area (Å²) in [6.07, 6.45) is 3.25. The summed E-state index contributed by atoms with van der Waals surface area (Å²) in [6, 6.07) is 0. The standard InChI is InChI=1S/C13H26OS/c1-7-13(6,15)9-12(4,5)11(14)8-10(2)3/h7,10-11,14-15H,1,8-9H2,2-6H3. The first-order valence-electron chi connectivity index (χ1n) is 5.65. The van der Waals surface area contributed by atoms with Gasteiger partial charge in [-0.3, -0.25) is 0 Å². The van der Waals surface area contributed by atoms with Crippen LogP contribution in [0.25, 0.3) is 0 Å². The zero-order valence-electron chi connectivity index (χ0n) is 10.7. The fraction of sp³-hybridized carbons (Fsp3) is 0.846. The highest BCUT2D eigenvalue weighted by molar-refractivity contribution is 7.82. The molecule has 15 heavy (non-hydrogen) atoms. The second kappa shape index (κ2) is 5.40. The molecule has 0 saturated carbocycles. The SMILES string of the molecule is C=CC(C)(S)CC(C)(C)C(O)CC(C)C. The molecule has 1 nitrogen and oxygen atoms in total. The van der Waals surface area contributed by atoms with E-state index in [1.54, 1.807) is 0 Å². The van der Waals surface area contributed by atoms with Gasteiger partial charge in [-0.25, -0.2) is 0 Å². The Labute approximate surface area is 100 Å². The van der Waals surface area contributed by atoms with Crippen LogP contribution in [0.2, 0.25) is 0 Å². The predicted molar refractivity (Wildman–Crippen MR) is 71.4 cm³/mol. The number of aliphatic hydroxyl groups is 1. The number of aliphatic hydroxyl groups excluding tert-OH is 1. The molecule has 0 radical (unpaired) electrons. The van der Waals surface area contributed by atoms with E-state index in [-0.39, 0.29) is 16.3 Å². The maximum Gasteiger partial charge on any atom is 0.0594 e. The third kappa shape index (κ3) is 5.62. The molecule has 0 aromatic carbocycles. The van der Waals surface area contributed by atoms with Gasteiger partial charge in [-0.2, -0.15) is 12.6 Å². The van der Waals surface area contributed by atoms with E-state index < -0.39 is 0 Å². The van der Waals surface area contributed by atoms with E-state index in [0.717, 1.165) is 12.8 Å². The first-order valence-corrected chi connectivity index (χ1v) is 6.09. The third-order valence-corrected chi connectivity index (χ3v) is 3.19. The van der Waals surface area contributed by atoms with Crippen LogP contribution in [0, 0.1) is 11.3 Å². The van der Waals surface area contributed by atoms with Gasteiger partial charge < -0.3 is 5.11 Å². The topological polar surface area (TPSA) is 20.2 Å². The molecule has 0 aromatic heterocycles. The van der Waals surface area contributed by atoms with E-state index in [2.05, 4.69) is 46.9 Å². The Morgan fingerprint density at radius 2 is 1.80 bits per heavy atom. The number of hydrogen-bond donors (Lipinski definition) is 2. The maximum absolute atomic E-state index is 10.1. The summed E-state index contributed by atoms with van der Waals surface area (Å²) in [6.45, 7) is 14.3. The van der Waals surface area contributed by atoms with Crippen molar-refractivity contribution in [3.8, 4) is 0 Å². The van der Waals surface area contributed by atoms with E-state index in [9.17, 15) is 5.11 Å². The Morgan fingerprint density at radius 3 is 2.13 bits per heavy atom. The van der Waals surface area contributed by atoms with E-state index in [1.165, 1.54) is 0 Å². The summed E-state index contributed by atoms with van der Waals surface area (Å²) in [5.41, 5.74) is -0.116. The highest BCUT2D eigenvalue weighted by atomic mass is 32.1. The van der Waals surface area contributed by atoms with Crippen LogP contribution < -0.4 is 0 Å². The van der Waals surface area contributed by atoms with Gasteiger partial charge in [-0.05, 0) is 31.1 Å². The first-order chi connectivity index (χ1) is 6.60. The average Bonchev–Trinajstić information content (AvgIpc) is 2.01. The van der Waals surface area contributed by atoms with Crippen molar-refractivity contribution in [2.45, 2.75) is 58.3 Å². The minimum Gasteiger partial charge on any atom is -0.393 e. The van der Waals surface area contributed by atoms with Crippen LogP contribution in [0.5, 0.6) is 0 Å². The van der Waals surface area contributed by atoms with Gasteiger partial charge in [0, 0.05) is 4.75 Å². The largest absolute Gasteiger partial charge is 0.393 e. The molecule has 0 aliphatic rings. The van der Waals surface area contributed by atoms with Crippen molar-refractivity contribution in [2.75, 3.05) is 0 Å². The molecule has 0 aromatic rings. The molecule has 0 aliphatic carbocycles. The first kappa shape index (κ1) is 15.0. The van der Waals surface area contributed by atoms with Gasteiger partial charge in [0.2, 0.25) is 0 Å². The number of thiol groups is 1. The molecule has 2 atom stereocenters. The van der Waals surface area contributed by atoms with E-state index in [4.69, 9.17) is 0 Å². The molecule has 0 bridgehead atoms. The van der Waals surface area contributed by atoms with E-state index in [1.807, 2.05) is 13.0 Å². The highest BCUT2D eigenvalue weighted by Gasteiger charge is 2.33. The summed E-state index contributed by atoms with van der Waals surface area (Å²) in [5.74, 6) is 0.522. The van der Waals surface area contributed by atoms with Crippen molar-refractivity contribution >= 4 is 12.6 Å². The van der Waals surface area contributed by atoms with Crippen LogP contribution >= 0.6 is 12.6 Å². The minimum atomic E-state index is -0.274. The third-order valence-electron chi connectivity index (χ3n) is 2.85. The van der Waals surface area contributed by atoms with Gasteiger partial charge in [0.15, 0.2) is 0 Å². The quantitative estimate of drug-likeness (QED) is 0.527. The van der Waals surface area contributed by atoms with Crippen LogP contribution in [-0.4, -0.2) is 16.0 Å². The Balaban J connectivity index is 4.46. The lowest BCUT2D eigenvalue weighted by atomic mass is 9.76. The van der Waals surface area contributed by atoms with Crippen molar-refractivity contribution in [3.63, 3.8) is 0 Å². The van der Waals surface area contributed by atoms with Crippen LogP contribution in [0.4, 0.5) is 0 Å². The Morgan fingerprint density at radius 1 is 1.33 bits per heavy atom. The normalized spacial score (nSPS) is 18.7. The van der Waals surface area contributed by atoms with Gasteiger partial charge in [0.1, 0.15) is 0 Å². The zero-order valence-corrected chi connectivity index (χ0v) is 11.6. The Hall–Kier alpha value is 0.0500. The fourth-order valence-electron chi connectivity index (χ4n) is 1.88. The second-order valence-electron chi connectivity index (χ2n) is 5.87. The summed E-state index contributed by atoms with van der Waals surface area (Å²) in [4.78, 5) is 0. The molecule has 90 valence electrons. The smallest absolute Gasteiger partial charge is 0.0594 e. The maximum atomic E-state index is 10.1. The van der Waals surface area contributed by atoms with Crippen molar-refractivity contribution in [2.24, 2.45) is 11.3 Å². The Kier molecular flexibility index (Phi) is 5.42. The van der Waals surface area contributed by atoms with E-state index in [0.29, 0.717) is 5.92 Å². The highest BCUT2D eigenvalue weighted by Crippen LogP contribution is 2.37. The summed E-state index contributed by atoms with van der Waals surface area (Å²) in [5, 5.41) is 10.1. The predicted octanol–water partition coefficient (Wildman–Crippen LogP) is 3.68. The molecule has 0 spiro atoms. The van der Waals surface area contributed by atoms with Crippen molar-refractivity contribution in [3.05, 3.63) is 12.7 Å². The lowest BCUT2D eigenvalue weighted by molar-refractivity contribution is 0.0246. The van der Waals surface area contributed by atoms with Crippen LogP contribution in [0.3, 0.4) is 0 Å². The second-order valence-corrected chi connectivity index (χ2v) is 6.89. The Bertz CT molecular complexity index is 207. The van der Waals surface area contributed by atoms with Crippen molar-refractivity contribution in [1.82, 2.24) is 0 Å². The van der Waals surface area contributed by atoms with Crippen molar-refractivity contribution < 1.29 is 5.11 Å². The van der Waals surface area contributed by atoms with Gasteiger partial charge in [-0.1, -0.05) is 33.8 Å². The summed E-state index contributed by atoms with van der Waals surface area (Å²) >= 11 is 4.54. The van der Waals surface area contributed by atoms with Gasteiger partial charge in [-0.15, -0.1) is 6.58 Å². The fourth-order valence-corrected chi connectivity index (χ4v) is 2.29. The molecular formula is C13H26OS. The molecule has 0 fully saturated rings. The monoisotopic (exact) mass is 230 g/mol. The molecule has 0 amide bonds. The molecule has 0 aliphatic heterocycles. The van der Waals surface area contributed by atoms with E-state index >= 15 is 0 Å². The molecule has 0 saturated heterocycles. The molecule has 0 heterocycles.